The Balaban J connectivity index is 0.600. The second-order valence-electron chi connectivity index (χ2n) is 23.1. The van der Waals surface area contributed by atoms with E-state index in [4.69, 9.17) is 28.7 Å². The number of piperidine rings is 2. The molecule has 0 bridgehead atoms. The summed E-state index contributed by atoms with van der Waals surface area (Å²) in [6, 6.07) is 19.7. The summed E-state index contributed by atoms with van der Waals surface area (Å²) in [7, 11) is 0. The van der Waals surface area contributed by atoms with Gasteiger partial charge in [-0.15, -0.1) is 0 Å². The third-order valence-corrected chi connectivity index (χ3v) is 15.7. The molecule has 1 unspecified atom stereocenters. The van der Waals surface area contributed by atoms with E-state index in [0.29, 0.717) is 128 Å². The van der Waals surface area contributed by atoms with Crippen molar-refractivity contribution in [1.82, 2.24) is 45.5 Å². The van der Waals surface area contributed by atoms with Crippen LogP contribution >= 0.6 is 0 Å². The Morgan fingerprint density at radius 2 is 1.43 bits per heavy atom. The maximum atomic E-state index is 15.4. The molecule has 3 aromatic carbocycles. The third-order valence-electron chi connectivity index (χ3n) is 15.7. The lowest BCUT2D eigenvalue weighted by Gasteiger charge is -2.41. The Hall–Kier alpha value is -8.35. The van der Waals surface area contributed by atoms with Crippen LogP contribution in [0.2, 0.25) is 0 Å². The number of carbonyl (C=O) groups excluding carboxylic acids is 7. The van der Waals surface area contributed by atoms with Gasteiger partial charge in [-0.05, 0) is 133 Å². The van der Waals surface area contributed by atoms with E-state index in [9.17, 15) is 33.6 Å². The smallest absolute Gasteiger partial charge is 0.410 e. The molecule has 2 atom stereocenters. The van der Waals surface area contributed by atoms with E-state index in [1.807, 2.05) is 82.3 Å². The van der Waals surface area contributed by atoms with Gasteiger partial charge in [0.05, 0.1) is 55.9 Å². The van der Waals surface area contributed by atoms with Gasteiger partial charge >= 0.3 is 6.09 Å². The van der Waals surface area contributed by atoms with Gasteiger partial charge in [-0.2, -0.15) is 5.10 Å². The van der Waals surface area contributed by atoms with Crippen LogP contribution in [0.3, 0.4) is 0 Å². The van der Waals surface area contributed by atoms with Crippen molar-refractivity contribution in [2.45, 2.75) is 115 Å². The quantitative estimate of drug-likeness (QED) is 0.0295. The summed E-state index contributed by atoms with van der Waals surface area (Å²) in [5.41, 5.74) is 1.59. The second-order valence-corrected chi connectivity index (χ2v) is 23.1. The number of unbranched alkanes of at least 4 members (excludes halogenated alkanes) is 3. The van der Waals surface area contributed by atoms with Crippen LogP contribution in [0.4, 0.5) is 20.6 Å². The summed E-state index contributed by atoms with van der Waals surface area (Å²) in [5.74, 6) is -1.76. The maximum Gasteiger partial charge on any atom is 0.410 e. The molecule has 4 N–H and O–H groups in total. The molecule has 3 fully saturated rings. The first-order chi connectivity index (χ1) is 41.9. The van der Waals surface area contributed by atoms with E-state index in [-0.39, 0.29) is 53.6 Å². The predicted octanol–water partition coefficient (Wildman–Crippen LogP) is 7.35. The molecule has 23 nitrogen and oxygen atoms in total. The summed E-state index contributed by atoms with van der Waals surface area (Å²) < 4.78 is 44.2. The SMILES string of the molecule is C[C@@H](NC(=O)c1cccc(NC2(c3nc(-c4ccncc4)n[nH]3)CCN(C(=O)OC(C)(C)C)CC2)c1)c1cccc(OCCCCCCOCCOCCOCCCC(=O)N2CCN(c3cc4c(cc3F)C(=O)N(C3CCC(=O)NC3=O)C4=O)CC2)c1. The summed E-state index contributed by atoms with van der Waals surface area (Å²) in [6.45, 7) is 13.0. The molecular formula is C63H78FN11O12. The number of aromatic nitrogens is 4. The van der Waals surface area contributed by atoms with Crippen LogP contribution in [0.15, 0.2) is 85.2 Å². The Morgan fingerprint density at radius 3 is 2.13 bits per heavy atom. The molecule has 3 saturated heterocycles. The van der Waals surface area contributed by atoms with Gasteiger partial charge in [-0.1, -0.05) is 24.6 Å². The van der Waals surface area contributed by atoms with Gasteiger partial charge in [0.15, 0.2) is 11.6 Å². The molecule has 4 aliphatic heterocycles. The van der Waals surface area contributed by atoms with E-state index in [2.05, 4.69) is 31.1 Å². The number of aromatic amines is 1. The average Bonchev–Trinajstić information content (AvgIpc) is 1.80. The number of pyridine rings is 1. The van der Waals surface area contributed by atoms with Crippen molar-refractivity contribution in [2.24, 2.45) is 0 Å². The van der Waals surface area contributed by atoms with Gasteiger partial charge in [0.2, 0.25) is 17.7 Å². The highest BCUT2D eigenvalue weighted by atomic mass is 19.1. The standard InChI is InChI=1S/C63H78FN11O12/c1-42(66-56(78)45-13-9-14-46(38-45)69-63(21-25-74(26-22-63)61(82)87-62(2,3)4)60-68-55(70-71-60)43-19-23-65-24-20-43)44-12-10-15-47(39-44)86-33-8-6-5-7-31-83-34-36-85-37-35-84-32-11-16-54(77)73-29-27-72(28-30-73)52-41-49-48(40-50(52)64)58(80)75(59(49)81)51-17-18-53(76)67-57(51)79/h9-10,12-15,19-20,23-24,38-42,51,69H,5-8,11,16-18,21-22,25-37H2,1-4H3,(H,66,78)(H,67,76,79)(H,68,70,71)/t42-,51?/m1/s1. The molecule has 6 heterocycles. The van der Waals surface area contributed by atoms with E-state index in [0.717, 1.165) is 59.2 Å². The molecule has 0 aliphatic carbocycles. The molecule has 9 rings (SSSR count). The number of ether oxygens (including phenoxy) is 5. The highest BCUT2D eigenvalue weighted by Crippen LogP contribution is 2.37. The van der Waals surface area contributed by atoms with Crippen molar-refractivity contribution in [3.8, 4) is 17.1 Å². The number of benzene rings is 3. The van der Waals surface area contributed by atoms with Gasteiger partial charge in [-0.3, -0.25) is 49.1 Å². The number of hydrogen-bond acceptors (Lipinski definition) is 17. The van der Waals surface area contributed by atoms with Crippen molar-refractivity contribution in [3.63, 3.8) is 0 Å². The number of carbonyl (C=O) groups is 7. The molecule has 0 spiro atoms. The minimum atomic E-state index is -1.14. The number of H-pyrrole nitrogens is 1. The van der Waals surface area contributed by atoms with Gasteiger partial charge in [0.25, 0.3) is 17.7 Å². The average molecular weight is 1200 g/mol. The number of amides is 7. The zero-order chi connectivity index (χ0) is 61.5. The highest BCUT2D eigenvalue weighted by molar-refractivity contribution is 6.23. The van der Waals surface area contributed by atoms with Crippen molar-refractivity contribution < 1.29 is 61.6 Å². The molecule has 2 aromatic heterocycles. The molecule has 24 heteroatoms. The molecule has 5 aromatic rings. The van der Waals surface area contributed by atoms with Gasteiger partial charge in [0, 0.05) is 94.5 Å². The van der Waals surface area contributed by atoms with Crippen molar-refractivity contribution in [2.75, 3.05) is 95.7 Å². The molecular weight excluding hydrogens is 1120 g/mol. The monoisotopic (exact) mass is 1200 g/mol. The topological polar surface area (TPSA) is 269 Å². The van der Waals surface area contributed by atoms with Crippen LogP contribution in [0.25, 0.3) is 11.4 Å². The Bertz CT molecular complexity index is 3230. The molecule has 464 valence electrons. The van der Waals surface area contributed by atoms with E-state index < -0.39 is 46.6 Å². The minimum absolute atomic E-state index is 0.0000487. The summed E-state index contributed by atoms with van der Waals surface area (Å²) in [4.78, 5) is 105. The maximum absolute atomic E-state index is 15.4. The summed E-state index contributed by atoms with van der Waals surface area (Å²) in [6.07, 6.45) is 8.63. The van der Waals surface area contributed by atoms with Crippen LogP contribution in [0, 0.1) is 5.82 Å². The number of rotatable bonds is 27. The van der Waals surface area contributed by atoms with Crippen molar-refractivity contribution >= 4 is 52.9 Å². The third kappa shape index (κ3) is 16.6. The lowest BCUT2D eigenvalue weighted by molar-refractivity contribution is -0.136. The largest absolute Gasteiger partial charge is 0.494 e. The van der Waals surface area contributed by atoms with E-state index >= 15 is 4.39 Å². The fourth-order valence-corrected chi connectivity index (χ4v) is 11.0. The first-order valence-electron chi connectivity index (χ1n) is 30.0. The molecule has 87 heavy (non-hydrogen) atoms. The number of fused-ring (bicyclic) bond motifs is 1. The minimum Gasteiger partial charge on any atom is -0.494 e. The fourth-order valence-electron chi connectivity index (χ4n) is 11.0. The van der Waals surface area contributed by atoms with Crippen molar-refractivity contribution in [1.29, 1.82) is 0 Å². The lowest BCUT2D eigenvalue weighted by Crippen LogP contribution is -2.54. The number of nitrogens with one attached hydrogen (secondary N) is 4. The molecule has 0 radical (unpaired) electrons. The molecule has 0 saturated carbocycles. The summed E-state index contributed by atoms with van der Waals surface area (Å²) in [5, 5.41) is 16.7. The van der Waals surface area contributed by atoms with Gasteiger partial charge in [-0.25, -0.2) is 14.2 Å². The normalized spacial score (nSPS) is 17.2. The van der Waals surface area contributed by atoms with Gasteiger partial charge in [0.1, 0.15) is 28.7 Å². The zero-order valence-corrected chi connectivity index (χ0v) is 49.9. The number of nitrogens with zero attached hydrogens (tertiary/aromatic N) is 7. The number of halogens is 1. The van der Waals surface area contributed by atoms with Gasteiger partial charge < -0.3 is 49.0 Å². The van der Waals surface area contributed by atoms with Crippen molar-refractivity contribution in [3.05, 3.63) is 119 Å². The number of imide groups is 2. The highest BCUT2D eigenvalue weighted by Gasteiger charge is 2.46. The fraction of sp³-hybridized carbons (Fsp3) is 0.492. The number of piperazine rings is 1. The van der Waals surface area contributed by atoms with E-state index in [1.165, 1.54) is 6.07 Å². The van der Waals surface area contributed by atoms with Crippen LogP contribution in [0.1, 0.15) is 140 Å². The van der Waals surface area contributed by atoms with Crippen LogP contribution in [0.5, 0.6) is 5.75 Å². The number of hydrogen-bond donors (Lipinski definition) is 4. The Morgan fingerprint density at radius 1 is 0.759 bits per heavy atom. The van der Waals surface area contributed by atoms with Crippen LogP contribution in [-0.4, -0.2) is 174 Å². The Kier molecular flexibility index (Phi) is 21.3. The van der Waals surface area contributed by atoms with Crippen LogP contribution in [-0.2, 0) is 38.9 Å². The van der Waals surface area contributed by atoms with E-state index in [1.54, 1.807) is 33.2 Å². The zero-order valence-electron chi connectivity index (χ0n) is 49.9. The predicted molar refractivity (Wildman–Crippen MR) is 318 cm³/mol. The molecule has 4 aliphatic rings. The first kappa shape index (κ1) is 63.2. The summed E-state index contributed by atoms with van der Waals surface area (Å²) >= 11 is 0. The second kappa shape index (κ2) is 29.4. The lowest BCUT2D eigenvalue weighted by atomic mass is 9.86. The first-order valence-corrected chi connectivity index (χ1v) is 30.0. The number of likely N-dealkylation sites (tertiary alicyclic amines) is 1. The number of anilines is 2. The Labute approximate surface area is 505 Å². The van der Waals surface area contributed by atoms with Crippen LogP contribution < -0.4 is 25.6 Å². The molecule has 7 amide bonds.